The van der Waals surface area contributed by atoms with Gasteiger partial charge in [-0.2, -0.15) is 4.99 Å². The number of amides is 1. The number of anilines is 1. The summed E-state index contributed by atoms with van der Waals surface area (Å²) >= 11 is 1.31. The molecule has 8 nitrogen and oxygen atoms in total. The second-order valence-corrected chi connectivity index (χ2v) is 9.99. The van der Waals surface area contributed by atoms with Gasteiger partial charge in [0, 0.05) is 17.8 Å². The van der Waals surface area contributed by atoms with Gasteiger partial charge in [-0.15, -0.1) is 0 Å². The highest BCUT2D eigenvalue weighted by Crippen LogP contribution is 2.35. The number of aryl methyl sites for hydroxylation is 1. The van der Waals surface area contributed by atoms with Crippen LogP contribution in [0.2, 0.25) is 0 Å². The molecule has 3 aromatic carbocycles. The van der Waals surface area contributed by atoms with E-state index < -0.39 is 21.7 Å². The molecule has 0 radical (unpaired) electrons. The highest BCUT2D eigenvalue weighted by atomic mass is 32.2. The zero-order valence-electron chi connectivity index (χ0n) is 19.1. The van der Waals surface area contributed by atoms with Crippen molar-refractivity contribution in [2.45, 2.75) is 18.4 Å². The van der Waals surface area contributed by atoms with Crippen molar-refractivity contribution >= 4 is 43.2 Å². The number of carbonyl (C=O) groups is 1. The number of halogens is 1. The highest BCUT2D eigenvalue weighted by Gasteiger charge is 2.17. The Morgan fingerprint density at radius 3 is 2.23 bits per heavy atom. The molecule has 4 aromatic rings. The van der Waals surface area contributed by atoms with Crippen molar-refractivity contribution in [2.75, 3.05) is 18.9 Å². The molecule has 0 spiro atoms. The Morgan fingerprint density at radius 2 is 1.63 bits per heavy atom. The molecule has 0 saturated heterocycles. The number of hydrogen-bond acceptors (Lipinski definition) is 6. The van der Waals surface area contributed by atoms with Gasteiger partial charge < -0.3 is 14.0 Å². The van der Waals surface area contributed by atoms with Gasteiger partial charge in [0.25, 0.3) is 15.9 Å². The largest absolute Gasteiger partial charge is 0.495 e. The van der Waals surface area contributed by atoms with E-state index in [2.05, 4.69) is 9.71 Å². The van der Waals surface area contributed by atoms with Gasteiger partial charge in [0.15, 0.2) is 4.80 Å². The number of carbonyl (C=O) groups excluding carboxylic acids is 1. The molecule has 11 heteroatoms. The monoisotopic (exact) mass is 515 g/mol. The van der Waals surface area contributed by atoms with Crippen molar-refractivity contribution in [1.82, 2.24) is 4.57 Å². The Balaban J connectivity index is 1.64. The number of aromatic nitrogens is 1. The van der Waals surface area contributed by atoms with Crippen molar-refractivity contribution in [3.63, 3.8) is 0 Å². The number of benzene rings is 3. The van der Waals surface area contributed by atoms with Gasteiger partial charge in [0.2, 0.25) is 0 Å². The lowest BCUT2D eigenvalue weighted by Crippen LogP contribution is -2.16. The zero-order valence-corrected chi connectivity index (χ0v) is 20.7. The summed E-state index contributed by atoms with van der Waals surface area (Å²) in [5.74, 6) is 0.283. The molecule has 0 aliphatic heterocycles. The third-order valence-electron chi connectivity index (χ3n) is 5.21. The number of nitrogens with zero attached hydrogens (tertiary/aromatic N) is 2. The lowest BCUT2D eigenvalue weighted by Gasteiger charge is -2.08. The number of thiazole rings is 1. The molecule has 182 valence electrons. The smallest absolute Gasteiger partial charge is 0.279 e. The molecular weight excluding hydrogens is 493 g/mol. The van der Waals surface area contributed by atoms with E-state index in [1.807, 2.05) is 11.5 Å². The molecule has 0 unspecified atom stereocenters. The maximum absolute atomic E-state index is 13.1. The van der Waals surface area contributed by atoms with Crippen LogP contribution in [0.25, 0.3) is 10.2 Å². The quantitative estimate of drug-likeness (QED) is 0.393. The first-order valence-corrected chi connectivity index (χ1v) is 12.8. The Bertz CT molecular complexity index is 1560. The summed E-state index contributed by atoms with van der Waals surface area (Å²) in [6, 6.07) is 14.0. The number of fused-ring (bicyclic) bond motifs is 1. The number of nitrogens with one attached hydrogen (secondary N) is 1. The predicted molar refractivity (Wildman–Crippen MR) is 132 cm³/mol. The molecule has 0 fully saturated rings. The first-order chi connectivity index (χ1) is 16.8. The molecule has 0 saturated carbocycles. The Kier molecular flexibility index (Phi) is 6.90. The van der Waals surface area contributed by atoms with Gasteiger partial charge in [-0.05, 0) is 67.6 Å². The molecule has 0 atom stereocenters. The number of rotatable bonds is 7. The lowest BCUT2D eigenvalue weighted by atomic mass is 10.2. The van der Waals surface area contributed by atoms with E-state index >= 15 is 0 Å². The molecule has 0 aliphatic carbocycles. The maximum Gasteiger partial charge on any atom is 0.279 e. The van der Waals surface area contributed by atoms with E-state index in [9.17, 15) is 17.6 Å². The Hall–Kier alpha value is -3.70. The molecule has 4 rings (SSSR count). The van der Waals surface area contributed by atoms with E-state index in [-0.39, 0.29) is 16.1 Å². The fourth-order valence-electron chi connectivity index (χ4n) is 3.49. The highest BCUT2D eigenvalue weighted by molar-refractivity contribution is 7.92. The summed E-state index contributed by atoms with van der Waals surface area (Å²) < 4.78 is 54.1. The van der Waals surface area contributed by atoms with Gasteiger partial charge in [-0.25, -0.2) is 12.8 Å². The lowest BCUT2D eigenvalue weighted by molar-refractivity contribution is 0.0998. The van der Waals surface area contributed by atoms with Crippen molar-refractivity contribution in [3.05, 3.63) is 76.8 Å². The number of sulfonamides is 1. The topological polar surface area (TPSA) is 99.0 Å². The van der Waals surface area contributed by atoms with E-state index in [1.165, 1.54) is 47.7 Å². The van der Waals surface area contributed by atoms with Crippen molar-refractivity contribution in [1.29, 1.82) is 0 Å². The third kappa shape index (κ3) is 4.91. The minimum atomic E-state index is -3.90. The third-order valence-corrected chi connectivity index (χ3v) is 7.70. The summed E-state index contributed by atoms with van der Waals surface area (Å²) in [6.07, 6.45) is 0. The fourth-order valence-corrected chi connectivity index (χ4v) is 5.75. The molecule has 1 aromatic heterocycles. The predicted octanol–water partition coefficient (Wildman–Crippen LogP) is 4.42. The molecule has 1 N–H and O–H groups in total. The minimum absolute atomic E-state index is 0.0752. The van der Waals surface area contributed by atoms with E-state index in [1.54, 1.807) is 26.4 Å². The van der Waals surface area contributed by atoms with Crippen LogP contribution in [-0.2, 0) is 16.6 Å². The maximum atomic E-state index is 13.1. The molecule has 35 heavy (non-hydrogen) atoms. The van der Waals surface area contributed by atoms with Crippen molar-refractivity contribution in [2.24, 2.45) is 4.99 Å². The second kappa shape index (κ2) is 9.88. The van der Waals surface area contributed by atoms with Crippen LogP contribution >= 0.6 is 11.3 Å². The molecular formula is C24H22FN3O5S2. The standard InChI is InChI=1S/C24H22FN3O5S2/c1-4-28-21-19(32-2)13-14-20(33-3)22(21)34-24(28)26-23(29)15-5-9-17(10-6-15)27-35(30,31)18-11-7-16(25)8-12-18/h5-14,27H,4H2,1-3H3. The molecule has 0 aliphatic rings. The Labute approximate surface area is 205 Å². The van der Waals surface area contributed by atoms with Gasteiger partial charge in [-0.3, -0.25) is 9.52 Å². The van der Waals surface area contributed by atoms with Crippen LogP contribution in [0.15, 0.2) is 70.6 Å². The van der Waals surface area contributed by atoms with Crippen LogP contribution in [0, 0.1) is 5.82 Å². The summed E-state index contributed by atoms with van der Waals surface area (Å²) in [6.45, 7) is 2.50. The summed E-state index contributed by atoms with van der Waals surface area (Å²) in [5, 5.41) is 0. The average molecular weight is 516 g/mol. The number of ether oxygens (including phenoxy) is 2. The number of methoxy groups -OCH3 is 2. The van der Waals surface area contributed by atoms with E-state index in [0.29, 0.717) is 22.8 Å². The van der Waals surface area contributed by atoms with Crippen LogP contribution in [0.5, 0.6) is 11.5 Å². The van der Waals surface area contributed by atoms with E-state index in [4.69, 9.17) is 9.47 Å². The normalized spacial score (nSPS) is 12.1. The van der Waals surface area contributed by atoms with Crippen LogP contribution in [0.4, 0.5) is 10.1 Å². The summed E-state index contributed by atoms with van der Waals surface area (Å²) in [5.41, 5.74) is 1.33. The van der Waals surface area contributed by atoms with Crippen LogP contribution in [0.1, 0.15) is 17.3 Å². The van der Waals surface area contributed by atoms with Gasteiger partial charge in [0.1, 0.15) is 27.5 Å². The zero-order chi connectivity index (χ0) is 25.2. The minimum Gasteiger partial charge on any atom is -0.495 e. The van der Waals surface area contributed by atoms with Gasteiger partial charge in [0.05, 0.1) is 19.1 Å². The van der Waals surface area contributed by atoms with Gasteiger partial charge >= 0.3 is 0 Å². The van der Waals surface area contributed by atoms with E-state index in [0.717, 1.165) is 22.3 Å². The Morgan fingerprint density at radius 1 is 1.00 bits per heavy atom. The summed E-state index contributed by atoms with van der Waals surface area (Å²) in [4.78, 5) is 17.6. The molecule has 1 amide bonds. The van der Waals surface area contributed by atoms with Crippen LogP contribution in [0.3, 0.4) is 0 Å². The van der Waals surface area contributed by atoms with Crippen molar-refractivity contribution in [3.8, 4) is 11.5 Å². The second-order valence-electron chi connectivity index (χ2n) is 7.33. The number of hydrogen-bond donors (Lipinski definition) is 1. The first-order valence-electron chi connectivity index (χ1n) is 10.5. The fraction of sp³-hybridized carbons (Fsp3) is 0.167. The van der Waals surface area contributed by atoms with Gasteiger partial charge in [-0.1, -0.05) is 11.3 Å². The first kappa shape index (κ1) is 24.4. The molecule has 0 bridgehead atoms. The average Bonchev–Trinajstić information content (AvgIpc) is 3.22. The van der Waals surface area contributed by atoms with Crippen molar-refractivity contribution < 1.29 is 27.1 Å². The van der Waals surface area contributed by atoms with Crippen LogP contribution in [-0.4, -0.2) is 33.1 Å². The van der Waals surface area contributed by atoms with Crippen LogP contribution < -0.4 is 19.0 Å². The SMILES string of the molecule is CCn1c(=NC(=O)c2ccc(NS(=O)(=O)c3ccc(F)cc3)cc2)sc2c(OC)ccc(OC)c21. The summed E-state index contributed by atoms with van der Waals surface area (Å²) in [7, 11) is -0.749. The molecule has 1 heterocycles.